The molecule has 0 saturated heterocycles. The molecule has 0 aromatic heterocycles. The number of hydrogen-bond acceptors (Lipinski definition) is 4. The minimum Gasteiger partial charge on any atom is -0.504 e. The van der Waals surface area contributed by atoms with Crippen molar-refractivity contribution in [1.29, 1.82) is 0 Å². The number of aromatic hydroxyl groups is 2. The summed E-state index contributed by atoms with van der Waals surface area (Å²) in [6.45, 7) is 3.52. The highest BCUT2D eigenvalue weighted by Gasteiger charge is 2.21. The first-order chi connectivity index (χ1) is 17.0. The highest BCUT2D eigenvalue weighted by Crippen LogP contribution is 2.39. The van der Waals surface area contributed by atoms with Crippen molar-refractivity contribution >= 4 is 5.91 Å². The number of hydrogen-bond donors (Lipinski definition) is 2. The molecular weight excluding hydrogens is 438 g/mol. The Morgan fingerprint density at radius 3 is 2.26 bits per heavy atom. The van der Waals surface area contributed by atoms with Gasteiger partial charge in [0.2, 0.25) is 5.91 Å². The monoisotopic (exact) mass is 479 g/mol. The number of carbonyl (C=O) groups excluding carboxylic acids is 1. The van der Waals surface area contributed by atoms with Gasteiger partial charge in [0.05, 0.1) is 6.61 Å². The molecule has 2 aromatic rings. The molecule has 1 amide bonds. The fourth-order valence-corrected chi connectivity index (χ4v) is 4.56. The second-order valence-corrected chi connectivity index (χ2v) is 9.66. The van der Waals surface area contributed by atoms with Crippen LogP contribution < -0.4 is 4.74 Å². The molecule has 0 bridgehead atoms. The van der Waals surface area contributed by atoms with Gasteiger partial charge in [-0.05, 0) is 41.8 Å². The number of amides is 1. The Morgan fingerprint density at radius 2 is 1.60 bits per heavy atom. The molecule has 0 unspecified atom stereocenters. The number of likely N-dealkylation sites (N-methyl/N-ethyl adjacent to an activating group) is 1. The standard InChI is InChI=1S/C30H41NO4/c1-3-4-5-6-7-8-9-10-11-12-18-35-26-15-13-14-24(22-26)27-20-23(21-28(32)29(27)33)19-25-16-17-31(2)30(25)34/h13-16,20-22,32-33H,3-12,17-19H2,1-2H3. The fraction of sp³-hybridized carbons (Fsp3) is 0.500. The molecule has 1 aliphatic rings. The number of ether oxygens (including phenoxy) is 1. The quantitative estimate of drug-likeness (QED) is 0.213. The summed E-state index contributed by atoms with van der Waals surface area (Å²) in [4.78, 5) is 13.9. The molecule has 2 aromatic carbocycles. The van der Waals surface area contributed by atoms with Crippen LogP contribution in [0.15, 0.2) is 48.0 Å². The van der Waals surface area contributed by atoms with Crippen molar-refractivity contribution in [2.75, 3.05) is 20.2 Å². The maximum atomic E-state index is 12.2. The van der Waals surface area contributed by atoms with Gasteiger partial charge in [-0.15, -0.1) is 0 Å². The van der Waals surface area contributed by atoms with Crippen LogP contribution in [-0.4, -0.2) is 41.2 Å². The van der Waals surface area contributed by atoms with Gasteiger partial charge in [0.15, 0.2) is 11.5 Å². The van der Waals surface area contributed by atoms with Gasteiger partial charge < -0.3 is 19.8 Å². The molecule has 35 heavy (non-hydrogen) atoms. The van der Waals surface area contributed by atoms with E-state index in [0.717, 1.165) is 23.3 Å². The molecule has 1 heterocycles. The zero-order valence-corrected chi connectivity index (χ0v) is 21.4. The van der Waals surface area contributed by atoms with E-state index in [9.17, 15) is 15.0 Å². The summed E-state index contributed by atoms with van der Waals surface area (Å²) in [6.07, 6.45) is 15.2. The van der Waals surface area contributed by atoms with Crippen LogP contribution in [0.3, 0.4) is 0 Å². The maximum Gasteiger partial charge on any atom is 0.249 e. The summed E-state index contributed by atoms with van der Waals surface area (Å²) >= 11 is 0. The average molecular weight is 480 g/mol. The predicted octanol–water partition coefficient (Wildman–Crippen LogP) is 7.01. The zero-order chi connectivity index (χ0) is 25.0. The normalized spacial score (nSPS) is 13.4. The van der Waals surface area contributed by atoms with Crippen LogP contribution in [0.5, 0.6) is 17.2 Å². The van der Waals surface area contributed by atoms with E-state index < -0.39 is 0 Å². The van der Waals surface area contributed by atoms with Crippen molar-refractivity contribution in [3.63, 3.8) is 0 Å². The molecule has 0 aliphatic carbocycles. The van der Waals surface area contributed by atoms with Crippen LogP contribution in [-0.2, 0) is 11.2 Å². The number of rotatable bonds is 15. The minimum absolute atomic E-state index is 0.00138. The Labute approximate surface area is 210 Å². The highest BCUT2D eigenvalue weighted by atomic mass is 16.5. The molecular formula is C30H41NO4. The molecule has 3 rings (SSSR count). The second-order valence-electron chi connectivity index (χ2n) is 9.66. The third-order valence-corrected chi connectivity index (χ3v) is 6.69. The molecule has 5 nitrogen and oxygen atoms in total. The van der Waals surface area contributed by atoms with E-state index in [1.54, 1.807) is 11.9 Å². The van der Waals surface area contributed by atoms with E-state index in [2.05, 4.69) is 6.92 Å². The van der Waals surface area contributed by atoms with E-state index in [-0.39, 0.29) is 17.4 Å². The predicted molar refractivity (Wildman–Crippen MR) is 142 cm³/mol. The number of carbonyl (C=O) groups is 1. The number of phenols is 2. The highest BCUT2D eigenvalue weighted by molar-refractivity contribution is 5.96. The molecule has 0 fully saturated rings. The average Bonchev–Trinajstić information content (AvgIpc) is 3.17. The Hall–Kier alpha value is -2.95. The van der Waals surface area contributed by atoms with Crippen molar-refractivity contribution in [1.82, 2.24) is 4.90 Å². The number of benzene rings is 2. The van der Waals surface area contributed by atoms with Crippen LogP contribution in [0.2, 0.25) is 0 Å². The van der Waals surface area contributed by atoms with Crippen LogP contribution in [0.4, 0.5) is 0 Å². The lowest BCUT2D eigenvalue weighted by atomic mass is 9.97. The summed E-state index contributed by atoms with van der Waals surface area (Å²) in [5.41, 5.74) is 2.78. The van der Waals surface area contributed by atoms with Crippen molar-refractivity contribution in [2.45, 2.75) is 77.6 Å². The van der Waals surface area contributed by atoms with Gasteiger partial charge in [0, 0.05) is 31.1 Å². The van der Waals surface area contributed by atoms with Crippen LogP contribution in [0.25, 0.3) is 11.1 Å². The van der Waals surface area contributed by atoms with E-state index >= 15 is 0 Å². The summed E-state index contributed by atoms with van der Waals surface area (Å²) in [5.74, 6) is 0.400. The maximum absolute atomic E-state index is 12.2. The van der Waals surface area contributed by atoms with Gasteiger partial charge in [-0.2, -0.15) is 0 Å². The number of unbranched alkanes of at least 4 members (excludes halogenated alkanes) is 9. The number of phenolic OH excluding ortho intramolecular Hbond substituents is 2. The SMILES string of the molecule is CCCCCCCCCCCCOc1cccc(-c2cc(CC3=CCN(C)C3=O)cc(O)c2O)c1. The lowest BCUT2D eigenvalue weighted by Crippen LogP contribution is -2.22. The fourth-order valence-electron chi connectivity index (χ4n) is 4.56. The van der Waals surface area contributed by atoms with Gasteiger partial charge in [-0.25, -0.2) is 0 Å². The van der Waals surface area contributed by atoms with Gasteiger partial charge in [-0.1, -0.05) is 82.9 Å². The van der Waals surface area contributed by atoms with Crippen molar-refractivity contribution in [2.24, 2.45) is 0 Å². The molecule has 2 N–H and O–H groups in total. The molecule has 0 radical (unpaired) electrons. The molecule has 0 saturated carbocycles. The summed E-state index contributed by atoms with van der Waals surface area (Å²) in [5, 5.41) is 20.8. The first-order valence-corrected chi connectivity index (χ1v) is 13.2. The van der Waals surface area contributed by atoms with E-state index in [1.807, 2.05) is 36.4 Å². The number of nitrogens with zero attached hydrogens (tertiary/aromatic N) is 1. The van der Waals surface area contributed by atoms with Gasteiger partial charge in [0.1, 0.15) is 5.75 Å². The molecule has 1 aliphatic heterocycles. The summed E-state index contributed by atoms with van der Waals surface area (Å²) < 4.78 is 5.97. The molecule has 190 valence electrons. The minimum atomic E-state index is -0.186. The van der Waals surface area contributed by atoms with E-state index in [0.29, 0.717) is 30.7 Å². The van der Waals surface area contributed by atoms with E-state index in [4.69, 9.17) is 4.74 Å². The van der Waals surface area contributed by atoms with Crippen molar-refractivity contribution in [3.05, 3.63) is 53.6 Å². The van der Waals surface area contributed by atoms with Crippen LogP contribution in [0, 0.1) is 0 Å². The van der Waals surface area contributed by atoms with Crippen LogP contribution >= 0.6 is 0 Å². The van der Waals surface area contributed by atoms with Crippen molar-refractivity contribution < 1.29 is 19.7 Å². The summed E-state index contributed by atoms with van der Waals surface area (Å²) in [6, 6.07) is 10.9. The first-order valence-electron chi connectivity index (χ1n) is 13.2. The Kier molecular flexibility index (Phi) is 10.5. The van der Waals surface area contributed by atoms with Crippen LogP contribution in [0.1, 0.15) is 76.7 Å². The van der Waals surface area contributed by atoms with Crippen molar-refractivity contribution in [3.8, 4) is 28.4 Å². The molecule has 5 heteroatoms. The Bertz CT molecular complexity index is 998. The van der Waals surface area contributed by atoms with Gasteiger partial charge in [0.25, 0.3) is 0 Å². The third-order valence-electron chi connectivity index (χ3n) is 6.69. The third kappa shape index (κ3) is 8.05. The smallest absolute Gasteiger partial charge is 0.249 e. The topological polar surface area (TPSA) is 70.0 Å². The zero-order valence-electron chi connectivity index (χ0n) is 21.4. The van der Waals surface area contributed by atoms with Gasteiger partial charge in [-0.3, -0.25) is 4.79 Å². The Balaban J connectivity index is 1.50. The molecule has 0 spiro atoms. The largest absolute Gasteiger partial charge is 0.504 e. The van der Waals surface area contributed by atoms with E-state index in [1.165, 1.54) is 63.9 Å². The lowest BCUT2D eigenvalue weighted by Gasteiger charge is -2.13. The first kappa shape index (κ1) is 26.7. The Morgan fingerprint density at radius 1 is 0.914 bits per heavy atom. The summed E-state index contributed by atoms with van der Waals surface area (Å²) in [7, 11) is 1.77. The van der Waals surface area contributed by atoms with Gasteiger partial charge >= 0.3 is 0 Å². The lowest BCUT2D eigenvalue weighted by molar-refractivity contribution is -0.124. The molecule has 0 atom stereocenters. The second kappa shape index (κ2) is 13.8.